The number of carbonyl (C=O) groups is 1. The lowest BCUT2D eigenvalue weighted by atomic mass is 10.1. The minimum atomic E-state index is -4.04. The van der Waals surface area contributed by atoms with E-state index in [1.807, 2.05) is 4.72 Å². The molecule has 2 aromatic carbocycles. The van der Waals surface area contributed by atoms with E-state index >= 15 is 0 Å². The molecule has 0 aliphatic heterocycles. The lowest BCUT2D eigenvalue weighted by Gasteiger charge is -2.07. The van der Waals surface area contributed by atoms with Crippen molar-refractivity contribution in [2.24, 2.45) is 5.92 Å². The molecule has 0 saturated heterocycles. The van der Waals surface area contributed by atoms with Gasteiger partial charge in [-0.3, -0.25) is 4.79 Å². The quantitative estimate of drug-likeness (QED) is 0.933. The van der Waals surface area contributed by atoms with Crippen LogP contribution in [0.1, 0.15) is 17.9 Å². The van der Waals surface area contributed by atoms with Gasteiger partial charge in [-0.2, -0.15) is 0 Å². The average molecular weight is 337 g/mol. The Kier molecular flexibility index (Phi) is 3.89. The molecule has 0 aromatic heterocycles. The van der Waals surface area contributed by atoms with E-state index < -0.39 is 33.5 Å². The van der Waals surface area contributed by atoms with Gasteiger partial charge in [0.1, 0.15) is 11.6 Å². The fraction of sp³-hybridized carbons (Fsp3) is 0.188. The molecule has 2 aromatic rings. The normalized spacial score (nSPS) is 20.1. The number of rotatable bonds is 4. The number of sulfonamides is 1. The third kappa shape index (κ3) is 3.39. The molecule has 3 rings (SSSR count). The Balaban J connectivity index is 1.69. The summed E-state index contributed by atoms with van der Waals surface area (Å²) < 4.78 is 52.1. The summed E-state index contributed by atoms with van der Waals surface area (Å²) in [5.41, 5.74) is 0.671. The van der Waals surface area contributed by atoms with E-state index in [1.165, 1.54) is 12.1 Å². The maximum Gasteiger partial charge on any atom is 0.264 e. The van der Waals surface area contributed by atoms with Crippen LogP contribution in [0.2, 0.25) is 0 Å². The summed E-state index contributed by atoms with van der Waals surface area (Å²) in [6.07, 6.45) is 0.466. The first-order chi connectivity index (χ1) is 10.9. The Bertz CT molecular complexity index is 850. The Hall–Kier alpha value is -2.28. The van der Waals surface area contributed by atoms with Crippen molar-refractivity contribution in [1.29, 1.82) is 0 Å². The molecule has 0 spiro atoms. The van der Waals surface area contributed by atoms with Gasteiger partial charge in [0, 0.05) is 5.92 Å². The molecule has 23 heavy (non-hydrogen) atoms. The molecule has 1 N–H and O–H groups in total. The van der Waals surface area contributed by atoms with Crippen LogP contribution in [-0.4, -0.2) is 14.3 Å². The van der Waals surface area contributed by atoms with Gasteiger partial charge in [0.2, 0.25) is 5.91 Å². The molecule has 1 aliphatic carbocycles. The number of amides is 1. The SMILES string of the molecule is O=C(NS(=O)(=O)c1ccc(F)cc1)C1CC1c1cccc(F)c1. The van der Waals surface area contributed by atoms with Crippen molar-refractivity contribution in [2.75, 3.05) is 0 Å². The highest BCUT2D eigenvalue weighted by atomic mass is 32.2. The minimum Gasteiger partial charge on any atom is -0.274 e. The number of hydrogen-bond acceptors (Lipinski definition) is 3. The maximum atomic E-state index is 13.2. The third-order valence-electron chi connectivity index (χ3n) is 3.76. The van der Waals surface area contributed by atoms with Crippen molar-refractivity contribution in [3.05, 3.63) is 65.7 Å². The standard InChI is InChI=1S/C16H13F2NO3S/c17-11-4-6-13(7-5-11)23(21,22)19-16(20)15-9-14(15)10-2-1-3-12(18)8-10/h1-8,14-15H,9H2,(H,19,20). The van der Waals surface area contributed by atoms with Crippen molar-refractivity contribution < 1.29 is 22.0 Å². The van der Waals surface area contributed by atoms with Crippen LogP contribution in [0.3, 0.4) is 0 Å². The second kappa shape index (κ2) is 5.73. The molecule has 4 nitrogen and oxygen atoms in total. The van der Waals surface area contributed by atoms with Crippen LogP contribution in [0, 0.1) is 17.6 Å². The number of benzene rings is 2. The van der Waals surface area contributed by atoms with Gasteiger partial charge in [0.05, 0.1) is 4.90 Å². The third-order valence-corrected chi connectivity index (χ3v) is 5.13. The largest absolute Gasteiger partial charge is 0.274 e. The zero-order chi connectivity index (χ0) is 16.6. The highest BCUT2D eigenvalue weighted by Gasteiger charge is 2.45. The van der Waals surface area contributed by atoms with E-state index in [1.54, 1.807) is 12.1 Å². The molecule has 1 aliphatic rings. The first-order valence-corrected chi connectivity index (χ1v) is 8.43. The predicted molar refractivity (Wildman–Crippen MR) is 79.0 cm³/mol. The topological polar surface area (TPSA) is 63.2 Å². The van der Waals surface area contributed by atoms with E-state index in [9.17, 15) is 22.0 Å². The predicted octanol–water partition coefficient (Wildman–Crippen LogP) is 2.57. The summed E-state index contributed by atoms with van der Waals surface area (Å²) >= 11 is 0. The molecule has 0 bridgehead atoms. The Morgan fingerprint density at radius 1 is 1.04 bits per heavy atom. The lowest BCUT2D eigenvalue weighted by Crippen LogP contribution is -2.32. The smallest absolute Gasteiger partial charge is 0.264 e. The summed E-state index contributed by atoms with van der Waals surface area (Å²) in [5, 5.41) is 0. The number of nitrogens with one attached hydrogen (secondary N) is 1. The molecular formula is C16H13F2NO3S. The average Bonchev–Trinajstić information content (AvgIpc) is 3.28. The monoisotopic (exact) mass is 337 g/mol. The summed E-state index contributed by atoms with van der Waals surface area (Å²) in [5.74, 6) is -2.29. The molecular weight excluding hydrogens is 324 g/mol. The molecule has 2 unspecified atom stereocenters. The van der Waals surface area contributed by atoms with Gasteiger partial charge < -0.3 is 0 Å². The zero-order valence-corrected chi connectivity index (χ0v) is 12.7. The van der Waals surface area contributed by atoms with Crippen LogP contribution in [0.15, 0.2) is 53.4 Å². The number of hydrogen-bond donors (Lipinski definition) is 1. The van der Waals surface area contributed by atoms with Gasteiger partial charge in [-0.25, -0.2) is 21.9 Å². The second-order valence-corrected chi connectivity index (χ2v) is 7.11. The van der Waals surface area contributed by atoms with Crippen LogP contribution in [0.25, 0.3) is 0 Å². The van der Waals surface area contributed by atoms with E-state index in [2.05, 4.69) is 0 Å². The first-order valence-electron chi connectivity index (χ1n) is 6.94. The summed E-state index contributed by atoms with van der Waals surface area (Å²) in [4.78, 5) is 11.9. The lowest BCUT2D eigenvalue weighted by molar-refractivity contribution is -0.120. The van der Waals surface area contributed by atoms with Crippen LogP contribution in [0.4, 0.5) is 8.78 Å². The Morgan fingerprint density at radius 3 is 2.39 bits per heavy atom. The zero-order valence-electron chi connectivity index (χ0n) is 11.9. The molecule has 2 atom stereocenters. The fourth-order valence-electron chi connectivity index (χ4n) is 2.47. The van der Waals surface area contributed by atoms with Gasteiger partial charge in [-0.15, -0.1) is 0 Å². The minimum absolute atomic E-state index is 0.185. The van der Waals surface area contributed by atoms with Gasteiger partial charge in [0.25, 0.3) is 10.0 Å². The highest BCUT2D eigenvalue weighted by Crippen LogP contribution is 2.47. The molecule has 0 heterocycles. The molecule has 120 valence electrons. The van der Waals surface area contributed by atoms with Crippen molar-refractivity contribution in [2.45, 2.75) is 17.2 Å². The molecule has 0 radical (unpaired) electrons. The first kappa shape index (κ1) is 15.6. The van der Waals surface area contributed by atoms with E-state index in [4.69, 9.17) is 0 Å². The fourth-order valence-corrected chi connectivity index (χ4v) is 3.50. The Labute approximate surface area is 132 Å². The molecule has 1 fully saturated rings. The summed E-state index contributed by atoms with van der Waals surface area (Å²) in [6, 6.07) is 10.1. The van der Waals surface area contributed by atoms with Crippen molar-refractivity contribution in [1.82, 2.24) is 4.72 Å². The second-order valence-electron chi connectivity index (χ2n) is 5.43. The number of carbonyl (C=O) groups excluding carboxylic acids is 1. The maximum absolute atomic E-state index is 13.2. The van der Waals surface area contributed by atoms with Gasteiger partial charge in [-0.1, -0.05) is 12.1 Å². The Morgan fingerprint density at radius 2 is 1.74 bits per heavy atom. The van der Waals surface area contributed by atoms with Crippen molar-refractivity contribution in [3.8, 4) is 0 Å². The highest BCUT2D eigenvalue weighted by molar-refractivity contribution is 7.90. The molecule has 1 saturated carbocycles. The van der Waals surface area contributed by atoms with E-state index in [0.29, 0.717) is 12.0 Å². The van der Waals surface area contributed by atoms with E-state index in [-0.39, 0.29) is 10.8 Å². The van der Waals surface area contributed by atoms with E-state index in [0.717, 1.165) is 24.3 Å². The van der Waals surface area contributed by atoms with Crippen LogP contribution in [-0.2, 0) is 14.8 Å². The summed E-state index contributed by atoms with van der Waals surface area (Å²) in [7, 11) is -4.04. The van der Waals surface area contributed by atoms with Crippen LogP contribution < -0.4 is 4.72 Å². The van der Waals surface area contributed by atoms with Gasteiger partial charge in [-0.05, 0) is 54.3 Å². The summed E-state index contributed by atoms with van der Waals surface area (Å²) in [6.45, 7) is 0. The van der Waals surface area contributed by atoms with Gasteiger partial charge >= 0.3 is 0 Å². The van der Waals surface area contributed by atoms with Crippen LogP contribution in [0.5, 0.6) is 0 Å². The molecule has 1 amide bonds. The van der Waals surface area contributed by atoms with Crippen LogP contribution >= 0.6 is 0 Å². The number of halogens is 2. The van der Waals surface area contributed by atoms with Crippen molar-refractivity contribution in [3.63, 3.8) is 0 Å². The van der Waals surface area contributed by atoms with Crippen molar-refractivity contribution >= 4 is 15.9 Å². The molecule has 7 heteroatoms. The van der Waals surface area contributed by atoms with Gasteiger partial charge in [0.15, 0.2) is 0 Å².